The number of amides is 2. The minimum absolute atomic E-state index is 0.206. The first-order chi connectivity index (χ1) is 11.9. The van der Waals surface area contributed by atoms with Crippen LogP contribution >= 0.6 is 11.3 Å². The molecule has 0 aromatic carbocycles. The van der Waals surface area contributed by atoms with E-state index in [-0.39, 0.29) is 17.1 Å². The first-order valence-corrected chi connectivity index (χ1v) is 8.54. The monoisotopic (exact) mass is 364 g/mol. The van der Waals surface area contributed by atoms with Crippen LogP contribution in [0.5, 0.6) is 0 Å². The third-order valence-electron chi connectivity index (χ3n) is 3.75. The Hall–Kier alpha value is -2.68. The van der Waals surface area contributed by atoms with Gasteiger partial charge in [-0.05, 0) is 32.2 Å². The smallest absolute Gasteiger partial charge is 0.350 e. The second-order valence-corrected chi connectivity index (χ2v) is 6.17. The SMILES string of the molecule is CCn1nc(C)c(CNC(=O)C(=O)Nc2ccsc2C(=O)OC)c1C. The van der Waals surface area contributed by atoms with Crippen molar-refractivity contribution in [2.75, 3.05) is 12.4 Å². The van der Waals surface area contributed by atoms with E-state index in [0.717, 1.165) is 34.8 Å². The first kappa shape index (κ1) is 18.7. The van der Waals surface area contributed by atoms with Gasteiger partial charge < -0.3 is 15.4 Å². The van der Waals surface area contributed by atoms with Crippen LogP contribution < -0.4 is 10.6 Å². The zero-order chi connectivity index (χ0) is 18.6. The fraction of sp³-hybridized carbons (Fsp3) is 0.375. The topological polar surface area (TPSA) is 102 Å². The average Bonchev–Trinajstić information content (AvgIpc) is 3.16. The number of anilines is 1. The maximum Gasteiger partial charge on any atom is 0.350 e. The molecular weight excluding hydrogens is 344 g/mol. The van der Waals surface area contributed by atoms with Gasteiger partial charge in [0.05, 0.1) is 18.5 Å². The molecule has 0 unspecified atom stereocenters. The highest BCUT2D eigenvalue weighted by molar-refractivity contribution is 7.12. The van der Waals surface area contributed by atoms with Crippen LogP contribution in [0, 0.1) is 13.8 Å². The Morgan fingerprint density at radius 3 is 2.60 bits per heavy atom. The van der Waals surface area contributed by atoms with Gasteiger partial charge in [-0.15, -0.1) is 11.3 Å². The first-order valence-electron chi connectivity index (χ1n) is 7.66. The average molecular weight is 364 g/mol. The van der Waals surface area contributed by atoms with E-state index in [4.69, 9.17) is 0 Å². The van der Waals surface area contributed by atoms with Gasteiger partial charge >= 0.3 is 17.8 Å². The van der Waals surface area contributed by atoms with Gasteiger partial charge in [0.25, 0.3) is 0 Å². The Morgan fingerprint density at radius 2 is 2.00 bits per heavy atom. The van der Waals surface area contributed by atoms with Crippen molar-refractivity contribution in [1.29, 1.82) is 0 Å². The maximum absolute atomic E-state index is 12.0. The van der Waals surface area contributed by atoms with Crippen LogP contribution in [0.15, 0.2) is 11.4 Å². The van der Waals surface area contributed by atoms with Gasteiger partial charge in [0.15, 0.2) is 0 Å². The van der Waals surface area contributed by atoms with Crippen molar-refractivity contribution in [1.82, 2.24) is 15.1 Å². The summed E-state index contributed by atoms with van der Waals surface area (Å²) in [5, 5.41) is 11.0. The lowest BCUT2D eigenvalue weighted by Crippen LogP contribution is -2.35. The molecule has 0 aliphatic carbocycles. The van der Waals surface area contributed by atoms with E-state index in [1.165, 1.54) is 7.11 Å². The second kappa shape index (κ2) is 7.93. The number of hydrogen-bond donors (Lipinski definition) is 2. The highest BCUT2D eigenvalue weighted by atomic mass is 32.1. The molecule has 0 spiro atoms. The van der Waals surface area contributed by atoms with Crippen LogP contribution in [-0.4, -0.2) is 34.7 Å². The van der Waals surface area contributed by atoms with E-state index in [0.29, 0.717) is 0 Å². The van der Waals surface area contributed by atoms with Crippen molar-refractivity contribution < 1.29 is 19.1 Å². The Balaban J connectivity index is 2.00. The van der Waals surface area contributed by atoms with Crippen LogP contribution in [0.1, 0.15) is 33.5 Å². The number of esters is 1. The lowest BCUT2D eigenvalue weighted by Gasteiger charge is -2.07. The van der Waals surface area contributed by atoms with Crippen molar-refractivity contribution in [2.45, 2.75) is 33.9 Å². The fourth-order valence-electron chi connectivity index (χ4n) is 2.38. The van der Waals surface area contributed by atoms with Crippen molar-refractivity contribution in [2.24, 2.45) is 0 Å². The van der Waals surface area contributed by atoms with Gasteiger partial charge in [0, 0.05) is 24.3 Å². The summed E-state index contributed by atoms with van der Waals surface area (Å²) in [5.74, 6) is -2.20. The van der Waals surface area contributed by atoms with Crippen molar-refractivity contribution in [3.8, 4) is 0 Å². The van der Waals surface area contributed by atoms with Crippen LogP contribution in [0.4, 0.5) is 5.69 Å². The van der Waals surface area contributed by atoms with Crippen LogP contribution in [-0.2, 0) is 27.4 Å². The predicted octanol–water partition coefficient (Wildman–Crippen LogP) is 1.62. The van der Waals surface area contributed by atoms with Crippen molar-refractivity contribution in [3.05, 3.63) is 33.3 Å². The molecule has 0 aliphatic heterocycles. The molecule has 8 nitrogen and oxygen atoms in total. The highest BCUT2D eigenvalue weighted by Gasteiger charge is 2.20. The van der Waals surface area contributed by atoms with E-state index in [1.54, 1.807) is 11.4 Å². The van der Waals surface area contributed by atoms with Crippen LogP contribution in [0.3, 0.4) is 0 Å². The molecule has 0 saturated heterocycles. The fourth-order valence-corrected chi connectivity index (χ4v) is 3.15. The Kier molecular flexibility index (Phi) is 5.92. The van der Waals surface area contributed by atoms with Gasteiger partial charge in [-0.1, -0.05) is 0 Å². The number of methoxy groups -OCH3 is 1. The molecule has 9 heteroatoms. The second-order valence-electron chi connectivity index (χ2n) is 5.26. The quantitative estimate of drug-likeness (QED) is 0.620. The molecule has 2 aromatic rings. The third kappa shape index (κ3) is 4.05. The van der Waals surface area contributed by atoms with E-state index in [1.807, 2.05) is 25.5 Å². The number of ether oxygens (including phenoxy) is 1. The Morgan fingerprint density at radius 1 is 1.28 bits per heavy atom. The summed E-state index contributed by atoms with van der Waals surface area (Å²) in [6, 6.07) is 1.54. The number of carbonyl (C=O) groups is 3. The zero-order valence-electron chi connectivity index (χ0n) is 14.5. The number of nitrogens with one attached hydrogen (secondary N) is 2. The molecule has 0 fully saturated rings. The summed E-state index contributed by atoms with van der Waals surface area (Å²) in [6.07, 6.45) is 0. The Bertz CT molecular complexity index is 809. The predicted molar refractivity (Wildman–Crippen MR) is 93.5 cm³/mol. The molecule has 2 heterocycles. The maximum atomic E-state index is 12.0. The Labute approximate surface area is 149 Å². The van der Waals surface area contributed by atoms with Crippen LogP contribution in [0.25, 0.3) is 0 Å². The molecule has 134 valence electrons. The normalized spacial score (nSPS) is 10.4. The summed E-state index contributed by atoms with van der Waals surface area (Å²) < 4.78 is 6.47. The minimum Gasteiger partial charge on any atom is -0.465 e. The number of aryl methyl sites for hydroxylation is 2. The number of rotatable bonds is 5. The zero-order valence-corrected chi connectivity index (χ0v) is 15.3. The molecule has 0 bridgehead atoms. The van der Waals surface area contributed by atoms with Gasteiger partial charge in [-0.2, -0.15) is 5.10 Å². The summed E-state index contributed by atoms with van der Waals surface area (Å²) in [7, 11) is 1.25. The van der Waals surface area contributed by atoms with Crippen LogP contribution in [0.2, 0.25) is 0 Å². The van der Waals surface area contributed by atoms with E-state index in [9.17, 15) is 14.4 Å². The minimum atomic E-state index is -0.846. The summed E-state index contributed by atoms with van der Waals surface area (Å²) in [4.78, 5) is 35.9. The van der Waals surface area contributed by atoms with Crippen molar-refractivity contribution >= 4 is 34.8 Å². The van der Waals surface area contributed by atoms with E-state index < -0.39 is 17.8 Å². The summed E-state index contributed by atoms with van der Waals surface area (Å²) >= 11 is 1.12. The number of hydrogen-bond acceptors (Lipinski definition) is 6. The molecule has 2 rings (SSSR count). The lowest BCUT2D eigenvalue weighted by atomic mass is 10.2. The molecule has 0 radical (unpaired) electrons. The molecule has 2 amide bonds. The molecule has 2 aromatic heterocycles. The third-order valence-corrected chi connectivity index (χ3v) is 4.64. The standard InChI is InChI=1S/C16H20N4O4S/c1-5-20-10(3)11(9(2)19-20)8-17-14(21)15(22)18-12-6-7-25-13(12)16(23)24-4/h6-7H,5,8H2,1-4H3,(H,17,21)(H,18,22). The summed E-state index contributed by atoms with van der Waals surface area (Å²) in [6.45, 7) is 6.69. The molecular formula is C16H20N4O4S. The van der Waals surface area contributed by atoms with Gasteiger partial charge in [-0.3, -0.25) is 14.3 Å². The van der Waals surface area contributed by atoms with E-state index in [2.05, 4.69) is 20.5 Å². The molecule has 25 heavy (non-hydrogen) atoms. The van der Waals surface area contributed by atoms with E-state index >= 15 is 0 Å². The summed E-state index contributed by atoms with van der Waals surface area (Å²) in [5.41, 5.74) is 2.90. The highest BCUT2D eigenvalue weighted by Crippen LogP contribution is 2.23. The number of carbonyl (C=O) groups excluding carboxylic acids is 3. The van der Waals surface area contributed by atoms with Gasteiger partial charge in [0.2, 0.25) is 0 Å². The largest absolute Gasteiger partial charge is 0.465 e. The van der Waals surface area contributed by atoms with Crippen molar-refractivity contribution in [3.63, 3.8) is 0 Å². The molecule has 0 atom stereocenters. The molecule has 0 aliphatic rings. The molecule has 0 saturated carbocycles. The van der Waals surface area contributed by atoms with Gasteiger partial charge in [-0.25, -0.2) is 4.79 Å². The molecule has 2 N–H and O–H groups in total. The lowest BCUT2D eigenvalue weighted by molar-refractivity contribution is -0.136. The van der Waals surface area contributed by atoms with Gasteiger partial charge in [0.1, 0.15) is 4.88 Å². The number of nitrogens with zero attached hydrogens (tertiary/aromatic N) is 2. The number of thiophene rings is 1. The number of aromatic nitrogens is 2.